The first kappa shape index (κ1) is 12.5. The van der Waals surface area contributed by atoms with Crippen LogP contribution in [0.5, 0.6) is 0 Å². The van der Waals surface area contributed by atoms with Crippen molar-refractivity contribution in [1.29, 1.82) is 0 Å². The zero-order chi connectivity index (χ0) is 12.3. The van der Waals surface area contributed by atoms with Gasteiger partial charge in [0, 0.05) is 24.5 Å². The molecule has 0 radical (unpaired) electrons. The van der Waals surface area contributed by atoms with E-state index < -0.39 is 5.97 Å². The predicted molar refractivity (Wildman–Crippen MR) is 68.5 cm³/mol. The van der Waals surface area contributed by atoms with Gasteiger partial charge in [0.2, 0.25) is 0 Å². The maximum Gasteiger partial charge on any atom is 0.305 e. The van der Waals surface area contributed by atoms with Crippen LogP contribution >= 0.6 is 11.3 Å². The van der Waals surface area contributed by atoms with Crippen LogP contribution in [0, 0.1) is 0 Å². The molecule has 2 rings (SSSR count). The zero-order valence-electron chi connectivity index (χ0n) is 9.98. The lowest BCUT2D eigenvalue weighted by molar-refractivity contribution is -0.141. The number of hydrogen-bond donors (Lipinski definition) is 2. The monoisotopic (exact) mass is 254 g/mol. The summed E-state index contributed by atoms with van der Waals surface area (Å²) < 4.78 is 0. The van der Waals surface area contributed by atoms with E-state index >= 15 is 0 Å². The Hall–Kier alpha value is -0.910. The molecule has 4 nitrogen and oxygen atoms in total. The molecule has 1 saturated heterocycles. The number of nitrogens with zero attached hydrogens (tertiary/aromatic N) is 1. The van der Waals surface area contributed by atoms with Crippen molar-refractivity contribution in [3.8, 4) is 0 Å². The van der Waals surface area contributed by atoms with Crippen LogP contribution in [0.3, 0.4) is 0 Å². The molecule has 0 bridgehead atoms. The molecule has 0 spiro atoms. The van der Waals surface area contributed by atoms with E-state index in [0.29, 0.717) is 0 Å². The average molecular weight is 254 g/mol. The minimum absolute atomic E-state index is 0.177. The van der Waals surface area contributed by atoms with Crippen LogP contribution < -0.4 is 5.32 Å². The molecular formula is C12H18N2O2S. The summed E-state index contributed by atoms with van der Waals surface area (Å²) in [6.07, 6.45) is 1.22. The molecule has 0 atom stereocenters. The van der Waals surface area contributed by atoms with E-state index in [9.17, 15) is 4.79 Å². The van der Waals surface area contributed by atoms with Crippen LogP contribution in [0.25, 0.3) is 0 Å². The Labute approximate surface area is 105 Å². The second-order valence-corrected chi connectivity index (χ2v) is 5.68. The van der Waals surface area contributed by atoms with Crippen LogP contribution in [-0.2, 0) is 11.2 Å². The fourth-order valence-corrected chi connectivity index (χ4v) is 2.89. The Bertz CT molecular complexity index is 374. The van der Waals surface area contributed by atoms with Gasteiger partial charge in [-0.25, -0.2) is 0 Å². The third kappa shape index (κ3) is 2.86. The van der Waals surface area contributed by atoms with Gasteiger partial charge in [0.25, 0.3) is 0 Å². The van der Waals surface area contributed by atoms with Gasteiger partial charge in [0.15, 0.2) is 0 Å². The van der Waals surface area contributed by atoms with E-state index in [-0.39, 0.29) is 12.0 Å². The van der Waals surface area contributed by atoms with Gasteiger partial charge in [-0.15, -0.1) is 11.3 Å². The molecule has 2 N–H and O–H groups in total. The summed E-state index contributed by atoms with van der Waals surface area (Å²) in [6.45, 7) is 2.47. The van der Waals surface area contributed by atoms with Crippen molar-refractivity contribution in [1.82, 2.24) is 10.2 Å². The van der Waals surface area contributed by atoms with Crippen LogP contribution in [0.2, 0.25) is 0 Å². The number of rotatable bonds is 6. The largest absolute Gasteiger partial charge is 0.481 e. The number of aliphatic carboxylic acids is 1. The van der Waals surface area contributed by atoms with Gasteiger partial charge in [-0.2, -0.15) is 0 Å². The van der Waals surface area contributed by atoms with Crippen LogP contribution in [0.15, 0.2) is 17.5 Å². The van der Waals surface area contributed by atoms with Gasteiger partial charge in [0.1, 0.15) is 0 Å². The molecule has 17 heavy (non-hydrogen) atoms. The second-order valence-electron chi connectivity index (χ2n) is 4.65. The van der Waals surface area contributed by atoms with Crippen LogP contribution in [0.1, 0.15) is 11.3 Å². The molecule has 1 fully saturated rings. The number of carboxylic acid groups (broad SMARTS) is 1. The van der Waals surface area contributed by atoms with Crippen molar-refractivity contribution in [2.24, 2.45) is 0 Å². The highest BCUT2D eigenvalue weighted by Gasteiger charge is 2.42. The SMILES string of the molecule is CN(CCc1cccs1)C1(CC(=O)O)CNC1. The highest BCUT2D eigenvalue weighted by Crippen LogP contribution is 2.24. The molecule has 2 heterocycles. The van der Waals surface area contributed by atoms with Gasteiger partial charge >= 0.3 is 5.97 Å². The highest BCUT2D eigenvalue weighted by atomic mass is 32.1. The van der Waals surface area contributed by atoms with E-state index in [1.807, 2.05) is 7.05 Å². The number of likely N-dealkylation sites (N-methyl/N-ethyl adjacent to an activating group) is 1. The summed E-state index contributed by atoms with van der Waals surface area (Å²) in [5.74, 6) is -0.713. The first-order valence-electron chi connectivity index (χ1n) is 5.78. The third-order valence-electron chi connectivity index (χ3n) is 3.47. The van der Waals surface area contributed by atoms with E-state index in [1.165, 1.54) is 4.88 Å². The molecule has 0 aliphatic carbocycles. The summed E-state index contributed by atoms with van der Waals surface area (Å²) in [6, 6.07) is 4.18. The highest BCUT2D eigenvalue weighted by molar-refractivity contribution is 7.09. The minimum atomic E-state index is -0.713. The topological polar surface area (TPSA) is 52.6 Å². The molecule has 5 heteroatoms. The van der Waals surface area contributed by atoms with Crippen molar-refractivity contribution in [2.75, 3.05) is 26.7 Å². The number of hydrogen-bond acceptors (Lipinski definition) is 4. The lowest BCUT2D eigenvalue weighted by atomic mass is 9.86. The Balaban J connectivity index is 1.89. The maximum absolute atomic E-state index is 10.9. The molecule has 94 valence electrons. The van der Waals surface area contributed by atoms with Gasteiger partial charge in [0.05, 0.1) is 12.0 Å². The fraction of sp³-hybridized carbons (Fsp3) is 0.583. The zero-order valence-corrected chi connectivity index (χ0v) is 10.8. The standard InChI is InChI=1S/C12H18N2O2S/c1-14(5-4-10-3-2-6-17-10)12(7-11(15)16)8-13-9-12/h2-3,6,13H,4-5,7-9H2,1H3,(H,15,16). The first-order valence-corrected chi connectivity index (χ1v) is 6.66. The number of thiophene rings is 1. The molecule has 0 amide bonds. The minimum Gasteiger partial charge on any atom is -0.481 e. The lowest BCUT2D eigenvalue weighted by Crippen LogP contribution is -2.68. The smallest absolute Gasteiger partial charge is 0.305 e. The second kappa shape index (κ2) is 5.16. The third-order valence-corrected chi connectivity index (χ3v) is 4.41. The van der Waals surface area contributed by atoms with E-state index in [0.717, 1.165) is 26.1 Å². The molecule has 1 aliphatic heterocycles. The summed E-state index contributed by atoms with van der Waals surface area (Å²) >= 11 is 1.76. The Morgan fingerprint density at radius 1 is 1.65 bits per heavy atom. The van der Waals surface area contributed by atoms with Crippen molar-refractivity contribution < 1.29 is 9.90 Å². The maximum atomic E-state index is 10.9. The van der Waals surface area contributed by atoms with E-state index in [1.54, 1.807) is 11.3 Å². The van der Waals surface area contributed by atoms with Crippen molar-refractivity contribution >= 4 is 17.3 Å². The fourth-order valence-electron chi connectivity index (χ4n) is 2.19. The van der Waals surface area contributed by atoms with Gasteiger partial charge in [-0.05, 0) is 24.9 Å². The number of carboxylic acids is 1. The summed E-state index contributed by atoms with van der Waals surface area (Å²) in [5, 5.41) is 14.2. The van der Waals surface area contributed by atoms with Gasteiger partial charge < -0.3 is 10.4 Å². The molecular weight excluding hydrogens is 236 g/mol. The normalized spacial score (nSPS) is 18.0. The Morgan fingerprint density at radius 2 is 2.41 bits per heavy atom. The average Bonchev–Trinajstić information content (AvgIpc) is 2.72. The van der Waals surface area contributed by atoms with E-state index in [2.05, 4.69) is 27.7 Å². The molecule has 0 unspecified atom stereocenters. The summed E-state index contributed by atoms with van der Waals surface area (Å²) in [7, 11) is 2.03. The molecule has 1 aromatic rings. The first-order chi connectivity index (χ1) is 8.12. The molecule has 1 aromatic heterocycles. The van der Waals surface area contributed by atoms with Gasteiger partial charge in [-0.3, -0.25) is 9.69 Å². The van der Waals surface area contributed by atoms with Gasteiger partial charge in [-0.1, -0.05) is 6.07 Å². The van der Waals surface area contributed by atoms with Crippen molar-refractivity contribution in [2.45, 2.75) is 18.4 Å². The van der Waals surface area contributed by atoms with Crippen molar-refractivity contribution in [3.05, 3.63) is 22.4 Å². The lowest BCUT2D eigenvalue weighted by Gasteiger charge is -2.48. The quantitative estimate of drug-likeness (QED) is 0.796. The number of nitrogens with one attached hydrogen (secondary N) is 1. The van der Waals surface area contributed by atoms with Crippen LogP contribution in [0.4, 0.5) is 0 Å². The summed E-state index contributed by atoms with van der Waals surface area (Å²) in [5.41, 5.74) is -0.177. The summed E-state index contributed by atoms with van der Waals surface area (Å²) in [4.78, 5) is 14.4. The van der Waals surface area contributed by atoms with Crippen molar-refractivity contribution in [3.63, 3.8) is 0 Å². The van der Waals surface area contributed by atoms with E-state index in [4.69, 9.17) is 5.11 Å². The Kier molecular flexibility index (Phi) is 3.81. The Morgan fingerprint density at radius 3 is 2.88 bits per heavy atom. The molecule has 1 aliphatic rings. The number of carbonyl (C=O) groups is 1. The predicted octanol–water partition coefficient (Wildman–Crippen LogP) is 1.04. The molecule has 0 saturated carbocycles. The van der Waals surface area contributed by atoms with Crippen LogP contribution in [-0.4, -0.2) is 48.2 Å². The molecule has 0 aromatic carbocycles.